The summed E-state index contributed by atoms with van der Waals surface area (Å²) in [7, 11) is 1.60. The number of nitrogens with zero attached hydrogens (tertiary/aromatic N) is 2. The number of nitrogens with two attached hydrogens (primary N) is 1. The number of rotatable bonds is 2. The Morgan fingerprint density at radius 2 is 2.18 bits per heavy atom. The first-order chi connectivity index (χ1) is 8.20. The highest BCUT2D eigenvalue weighted by molar-refractivity contribution is 5.92. The van der Waals surface area contributed by atoms with Crippen molar-refractivity contribution in [2.75, 3.05) is 25.0 Å². The van der Waals surface area contributed by atoms with Gasteiger partial charge in [-0.3, -0.25) is 4.79 Å². The third-order valence-electron chi connectivity index (χ3n) is 3.11. The van der Waals surface area contributed by atoms with Gasteiger partial charge in [0, 0.05) is 26.2 Å². The lowest BCUT2D eigenvalue weighted by Gasteiger charge is -2.31. The zero-order chi connectivity index (χ0) is 12.3. The van der Waals surface area contributed by atoms with Crippen molar-refractivity contribution in [3.63, 3.8) is 0 Å². The Morgan fingerprint density at radius 3 is 2.71 bits per heavy atom. The Morgan fingerprint density at radius 1 is 1.47 bits per heavy atom. The van der Waals surface area contributed by atoms with Crippen LogP contribution in [-0.2, 0) is 0 Å². The van der Waals surface area contributed by atoms with Crippen molar-refractivity contribution in [3.05, 3.63) is 24.0 Å². The van der Waals surface area contributed by atoms with E-state index in [0.717, 1.165) is 31.6 Å². The van der Waals surface area contributed by atoms with Crippen molar-refractivity contribution in [1.29, 1.82) is 0 Å². The summed E-state index contributed by atoms with van der Waals surface area (Å²) in [5, 5.41) is 2.55. The third-order valence-corrected chi connectivity index (χ3v) is 3.11. The van der Waals surface area contributed by atoms with Crippen molar-refractivity contribution in [3.8, 4) is 0 Å². The Labute approximate surface area is 101 Å². The highest BCUT2D eigenvalue weighted by atomic mass is 16.1. The highest BCUT2D eigenvalue weighted by Gasteiger charge is 2.16. The zero-order valence-electron chi connectivity index (χ0n) is 10.0. The smallest absolute Gasteiger partial charge is 0.269 e. The van der Waals surface area contributed by atoms with Crippen molar-refractivity contribution in [2.24, 2.45) is 5.73 Å². The quantitative estimate of drug-likeness (QED) is 0.775. The average Bonchev–Trinajstić information content (AvgIpc) is 2.39. The van der Waals surface area contributed by atoms with Gasteiger partial charge in [-0.15, -0.1) is 0 Å². The first-order valence-electron chi connectivity index (χ1n) is 5.89. The van der Waals surface area contributed by atoms with Gasteiger partial charge in [0.25, 0.3) is 5.91 Å². The van der Waals surface area contributed by atoms with Crippen molar-refractivity contribution in [2.45, 2.75) is 18.9 Å². The molecule has 0 aliphatic carbocycles. The van der Waals surface area contributed by atoms with Crippen LogP contribution in [0.2, 0.25) is 0 Å². The molecule has 1 amide bonds. The van der Waals surface area contributed by atoms with Crippen LogP contribution in [0.3, 0.4) is 0 Å². The minimum Gasteiger partial charge on any atom is -0.370 e. The second-order valence-corrected chi connectivity index (χ2v) is 4.31. The van der Waals surface area contributed by atoms with Crippen LogP contribution in [0.15, 0.2) is 18.3 Å². The minimum absolute atomic E-state index is 0.155. The van der Waals surface area contributed by atoms with Crippen LogP contribution in [0.5, 0.6) is 0 Å². The van der Waals surface area contributed by atoms with Gasteiger partial charge in [0.2, 0.25) is 0 Å². The second kappa shape index (κ2) is 5.14. The molecule has 2 heterocycles. The maximum atomic E-state index is 11.3. The Hall–Kier alpha value is -1.62. The maximum Gasteiger partial charge on any atom is 0.269 e. The number of nitrogens with one attached hydrogen (secondary N) is 1. The number of carbonyl (C=O) groups is 1. The van der Waals surface area contributed by atoms with Gasteiger partial charge in [-0.25, -0.2) is 4.98 Å². The maximum absolute atomic E-state index is 11.3. The van der Waals surface area contributed by atoms with E-state index in [4.69, 9.17) is 5.73 Å². The molecule has 1 aromatic rings. The van der Waals surface area contributed by atoms with Gasteiger partial charge in [-0.05, 0) is 25.0 Å². The molecule has 0 unspecified atom stereocenters. The summed E-state index contributed by atoms with van der Waals surface area (Å²) in [5.41, 5.74) is 7.37. The van der Waals surface area contributed by atoms with Crippen LogP contribution in [-0.4, -0.2) is 37.1 Å². The van der Waals surface area contributed by atoms with Crippen LogP contribution < -0.4 is 16.0 Å². The topological polar surface area (TPSA) is 71.2 Å². The lowest BCUT2D eigenvalue weighted by Crippen LogP contribution is -2.39. The molecule has 1 aliphatic rings. The molecule has 2 rings (SSSR count). The Kier molecular flexibility index (Phi) is 3.58. The molecule has 5 heteroatoms. The standard InChI is InChI=1S/C12H18N4O/c1-14-12(17)11-3-2-10(8-15-11)16-6-4-9(13)5-7-16/h2-3,8-9H,4-7,13H2,1H3,(H,14,17). The number of hydrogen-bond acceptors (Lipinski definition) is 4. The van der Waals surface area contributed by atoms with E-state index >= 15 is 0 Å². The summed E-state index contributed by atoms with van der Waals surface area (Å²) in [5.74, 6) is -0.155. The molecule has 1 aromatic heterocycles. The molecule has 3 N–H and O–H groups in total. The SMILES string of the molecule is CNC(=O)c1ccc(N2CCC(N)CC2)cn1. The van der Waals surface area contributed by atoms with Crippen molar-refractivity contribution in [1.82, 2.24) is 10.3 Å². The first kappa shape index (κ1) is 11.9. The largest absolute Gasteiger partial charge is 0.370 e. The van der Waals surface area contributed by atoms with Crippen LogP contribution in [0.25, 0.3) is 0 Å². The lowest BCUT2D eigenvalue weighted by atomic mass is 10.1. The molecule has 1 saturated heterocycles. The van der Waals surface area contributed by atoms with Crippen molar-refractivity contribution < 1.29 is 4.79 Å². The van der Waals surface area contributed by atoms with Gasteiger partial charge >= 0.3 is 0 Å². The van der Waals surface area contributed by atoms with Crippen LogP contribution in [0.1, 0.15) is 23.3 Å². The second-order valence-electron chi connectivity index (χ2n) is 4.31. The molecule has 0 radical (unpaired) electrons. The van der Waals surface area contributed by atoms with Crippen LogP contribution >= 0.6 is 0 Å². The molecule has 92 valence electrons. The summed E-state index contributed by atoms with van der Waals surface area (Å²) in [6, 6.07) is 4.02. The van der Waals surface area contributed by atoms with Gasteiger partial charge in [-0.1, -0.05) is 0 Å². The molecule has 1 aliphatic heterocycles. The van der Waals surface area contributed by atoms with Gasteiger partial charge in [0.05, 0.1) is 11.9 Å². The van der Waals surface area contributed by atoms with E-state index in [1.54, 1.807) is 19.3 Å². The highest BCUT2D eigenvalue weighted by Crippen LogP contribution is 2.18. The van der Waals surface area contributed by atoms with E-state index in [-0.39, 0.29) is 5.91 Å². The fraction of sp³-hybridized carbons (Fsp3) is 0.500. The molecule has 0 spiro atoms. The fourth-order valence-electron chi connectivity index (χ4n) is 1.99. The van der Waals surface area contributed by atoms with E-state index in [2.05, 4.69) is 15.2 Å². The molecule has 0 saturated carbocycles. The Balaban J connectivity index is 2.05. The van der Waals surface area contributed by atoms with E-state index in [9.17, 15) is 4.79 Å². The van der Waals surface area contributed by atoms with E-state index < -0.39 is 0 Å². The molecule has 0 bridgehead atoms. The number of hydrogen-bond donors (Lipinski definition) is 2. The number of amides is 1. The van der Waals surface area contributed by atoms with Gasteiger partial charge in [0.1, 0.15) is 5.69 Å². The Bertz CT molecular complexity index is 382. The predicted octanol–water partition coefficient (Wildman–Crippen LogP) is 0.369. The third kappa shape index (κ3) is 2.74. The molecular weight excluding hydrogens is 216 g/mol. The van der Waals surface area contributed by atoms with Crippen LogP contribution in [0.4, 0.5) is 5.69 Å². The van der Waals surface area contributed by atoms with Crippen molar-refractivity contribution >= 4 is 11.6 Å². The molecular formula is C12H18N4O. The molecule has 0 atom stereocenters. The molecule has 5 nitrogen and oxygen atoms in total. The zero-order valence-corrected chi connectivity index (χ0v) is 10.0. The van der Waals surface area contributed by atoms with E-state index in [1.807, 2.05) is 6.07 Å². The average molecular weight is 234 g/mol. The normalized spacial score (nSPS) is 16.9. The summed E-state index contributed by atoms with van der Waals surface area (Å²) < 4.78 is 0. The summed E-state index contributed by atoms with van der Waals surface area (Å²) in [4.78, 5) is 17.8. The monoisotopic (exact) mass is 234 g/mol. The van der Waals surface area contributed by atoms with E-state index in [0.29, 0.717) is 11.7 Å². The predicted molar refractivity (Wildman–Crippen MR) is 67.0 cm³/mol. The number of aromatic nitrogens is 1. The summed E-state index contributed by atoms with van der Waals surface area (Å²) >= 11 is 0. The number of anilines is 1. The summed E-state index contributed by atoms with van der Waals surface area (Å²) in [6.07, 6.45) is 3.77. The number of pyridine rings is 1. The lowest BCUT2D eigenvalue weighted by molar-refractivity contribution is 0.0958. The molecule has 0 aromatic carbocycles. The number of carbonyl (C=O) groups excluding carboxylic acids is 1. The minimum atomic E-state index is -0.155. The van der Waals surface area contributed by atoms with E-state index in [1.165, 1.54) is 0 Å². The number of piperidine rings is 1. The molecule has 17 heavy (non-hydrogen) atoms. The molecule has 1 fully saturated rings. The van der Waals surface area contributed by atoms with Gasteiger partial charge in [0.15, 0.2) is 0 Å². The van der Waals surface area contributed by atoms with Gasteiger partial charge in [-0.2, -0.15) is 0 Å². The van der Waals surface area contributed by atoms with Gasteiger partial charge < -0.3 is 16.0 Å². The van der Waals surface area contributed by atoms with Crippen LogP contribution in [0, 0.1) is 0 Å². The summed E-state index contributed by atoms with van der Waals surface area (Å²) in [6.45, 7) is 1.92. The first-order valence-corrected chi connectivity index (χ1v) is 5.89. The fourth-order valence-corrected chi connectivity index (χ4v) is 1.99.